The van der Waals surface area contributed by atoms with E-state index in [-0.39, 0.29) is 24.0 Å². The summed E-state index contributed by atoms with van der Waals surface area (Å²) < 4.78 is 0. The van der Waals surface area contributed by atoms with Crippen molar-refractivity contribution in [2.45, 2.75) is 32.7 Å². The van der Waals surface area contributed by atoms with Crippen LogP contribution in [-0.4, -0.2) is 48.7 Å². The highest BCUT2D eigenvalue weighted by Crippen LogP contribution is 2.44. The fourth-order valence-corrected chi connectivity index (χ4v) is 1.41. The lowest BCUT2D eigenvalue weighted by Gasteiger charge is -2.22. The molecule has 0 radical (unpaired) electrons. The lowest BCUT2D eigenvalue weighted by molar-refractivity contribution is -0.130. The van der Waals surface area contributed by atoms with Gasteiger partial charge in [0, 0.05) is 31.7 Å². The average molecular weight is 214 g/mol. The van der Waals surface area contributed by atoms with Crippen molar-refractivity contribution in [1.29, 1.82) is 0 Å². The Kier molecular flexibility index (Phi) is 4.11. The highest BCUT2D eigenvalue weighted by Gasteiger charge is 2.41. The van der Waals surface area contributed by atoms with Gasteiger partial charge in [0.1, 0.15) is 0 Å². The van der Waals surface area contributed by atoms with Gasteiger partial charge in [0.2, 0.25) is 5.91 Å². The Balaban J connectivity index is 2.17. The van der Waals surface area contributed by atoms with Crippen molar-refractivity contribution in [2.75, 3.05) is 26.7 Å². The minimum Gasteiger partial charge on any atom is -0.396 e. The highest BCUT2D eigenvalue weighted by atomic mass is 16.3. The van der Waals surface area contributed by atoms with E-state index in [1.165, 1.54) is 0 Å². The van der Waals surface area contributed by atoms with Crippen LogP contribution in [0.5, 0.6) is 0 Å². The Bertz CT molecular complexity index is 225. The zero-order valence-electron chi connectivity index (χ0n) is 9.92. The molecule has 0 aromatic rings. The van der Waals surface area contributed by atoms with Crippen LogP contribution in [0.2, 0.25) is 0 Å². The maximum atomic E-state index is 11.6. The topological polar surface area (TPSA) is 52.6 Å². The molecular formula is C11H22N2O2. The quantitative estimate of drug-likeness (QED) is 0.665. The summed E-state index contributed by atoms with van der Waals surface area (Å²) >= 11 is 0. The van der Waals surface area contributed by atoms with Gasteiger partial charge in [0.15, 0.2) is 0 Å². The Labute approximate surface area is 91.6 Å². The molecule has 4 nitrogen and oxygen atoms in total. The number of nitrogens with zero attached hydrogens (tertiary/aromatic N) is 1. The van der Waals surface area contributed by atoms with Gasteiger partial charge in [-0.3, -0.25) is 4.79 Å². The van der Waals surface area contributed by atoms with Gasteiger partial charge < -0.3 is 15.3 Å². The molecule has 1 fully saturated rings. The predicted octanol–water partition coefficient (Wildman–Crippen LogP) is 0.215. The van der Waals surface area contributed by atoms with Crippen LogP contribution in [0.1, 0.15) is 26.7 Å². The predicted molar refractivity (Wildman–Crippen MR) is 59.5 cm³/mol. The number of aliphatic hydroxyl groups excluding tert-OH is 1. The van der Waals surface area contributed by atoms with E-state index in [2.05, 4.69) is 5.32 Å². The van der Waals surface area contributed by atoms with E-state index < -0.39 is 0 Å². The highest BCUT2D eigenvalue weighted by molar-refractivity contribution is 5.78. The Morgan fingerprint density at radius 3 is 2.53 bits per heavy atom. The first kappa shape index (κ1) is 12.5. The molecule has 4 heteroatoms. The lowest BCUT2D eigenvalue weighted by Crippen LogP contribution is -2.41. The van der Waals surface area contributed by atoms with Crippen LogP contribution in [0, 0.1) is 5.41 Å². The number of hydrogen-bond donors (Lipinski definition) is 2. The summed E-state index contributed by atoms with van der Waals surface area (Å²) in [5.41, 5.74) is 0.0800. The van der Waals surface area contributed by atoms with E-state index >= 15 is 0 Å². The third-order valence-corrected chi connectivity index (χ3v) is 3.24. The second kappa shape index (κ2) is 4.94. The van der Waals surface area contributed by atoms with E-state index in [9.17, 15) is 4.79 Å². The van der Waals surface area contributed by atoms with Crippen molar-refractivity contribution in [1.82, 2.24) is 10.2 Å². The summed E-state index contributed by atoms with van der Waals surface area (Å²) in [6.07, 6.45) is 2.15. The van der Waals surface area contributed by atoms with Gasteiger partial charge in [-0.1, -0.05) is 0 Å². The first-order chi connectivity index (χ1) is 7.01. The maximum absolute atomic E-state index is 11.6. The summed E-state index contributed by atoms with van der Waals surface area (Å²) in [5, 5.41) is 12.2. The fraction of sp³-hybridized carbons (Fsp3) is 0.909. The summed E-state index contributed by atoms with van der Waals surface area (Å²) in [4.78, 5) is 13.3. The molecule has 0 bridgehead atoms. The first-order valence-corrected chi connectivity index (χ1v) is 5.58. The Morgan fingerprint density at radius 1 is 1.53 bits per heavy atom. The largest absolute Gasteiger partial charge is 0.396 e. The van der Waals surface area contributed by atoms with Crippen LogP contribution in [0.3, 0.4) is 0 Å². The van der Waals surface area contributed by atoms with Crippen molar-refractivity contribution in [3.8, 4) is 0 Å². The molecule has 1 saturated carbocycles. The first-order valence-electron chi connectivity index (χ1n) is 5.58. The average Bonchev–Trinajstić information content (AvgIpc) is 2.97. The fourth-order valence-electron chi connectivity index (χ4n) is 1.41. The molecule has 0 spiro atoms. The molecule has 1 rings (SSSR count). The summed E-state index contributed by atoms with van der Waals surface area (Å²) in [6.45, 7) is 5.34. The molecule has 0 aliphatic heterocycles. The molecule has 0 heterocycles. The van der Waals surface area contributed by atoms with E-state index in [4.69, 9.17) is 5.11 Å². The smallest absolute Gasteiger partial charge is 0.236 e. The van der Waals surface area contributed by atoms with Crippen LogP contribution in [0.15, 0.2) is 0 Å². The van der Waals surface area contributed by atoms with Gasteiger partial charge in [0.25, 0.3) is 0 Å². The molecular weight excluding hydrogens is 192 g/mol. The standard InChI is InChI=1S/C11H22N2O2/c1-9(2)13(3)10(15)6-12-7-11(8-14)4-5-11/h9,12,14H,4-8H2,1-3H3. The summed E-state index contributed by atoms with van der Waals surface area (Å²) in [5.74, 6) is 0.110. The van der Waals surface area contributed by atoms with Crippen LogP contribution < -0.4 is 5.32 Å². The Morgan fingerprint density at radius 2 is 2.13 bits per heavy atom. The van der Waals surface area contributed by atoms with Crippen molar-refractivity contribution in [3.63, 3.8) is 0 Å². The second-order valence-electron chi connectivity index (χ2n) is 4.86. The monoisotopic (exact) mass is 214 g/mol. The van der Waals surface area contributed by atoms with E-state index in [1.54, 1.807) is 4.90 Å². The molecule has 0 saturated heterocycles. The summed E-state index contributed by atoms with van der Waals surface area (Å²) in [6, 6.07) is 0.243. The molecule has 88 valence electrons. The van der Waals surface area contributed by atoms with Gasteiger partial charge in [-0.25, -0.2) is 0 Å². The van der Waals surface area contributed by atoms with Crippen molar-refractivity contribution >= 4 is 5.91 Å². The van der Waals surface area contributed by atoms with Crippen molar-refractivity contribution in [3.05, 3.63) is 0 Å². The van der Waals surface area contributed by atoms with Gasteiger partial charge in [-0.2, -0.15) is 0 Å². The third kappa shape index (κ3) is 3.47. The van der Waals surface area contributed by atoms with Crippen LogP contribution >= 0.6 is 0 Å². The van der Waals surface area contributed by atoms with Gasteiger partial charge in [-0.15, -0.1) is 0 Å². The molecule has 1 amide bonds. The molecule has 1 aliphatic carbocycles. The number of aliphatic hydroxyl groups is 1. The molecule has 0 aromatic carbocycles. The lowest BCUT2D eigenvalue weighted by atomic mass is 10.1. The minimum absolute atomic E-state index is 0.0800. The molecule has 0 atom stereocenters. The van der Waals surface area contributed by atoms with Crippen molar-refractivity contribution in [2.24, 2.45) is 5.41 Å². The number of carbonyl (C=O) groups excluding carboxylic acids is 1. The van der Waals surface area contributed by atoms with Crippen molar-refractivity contribution < 1.29 is 9.90 Å². The molecule has 1 aliphatic rings. The zero-order valence-corrected chi connectivity index (χ0v) is 9.92. The van der Waals surface area contributed by atoms with E-state index in [1.807, 2.05) is 20.9 Å². The summed E-state index contributed by atoms with van der Waals surface area (Å²) in [7, 11) is 1.81. The van der Waals surface area contributed by atoms with E-state index in [0.29, 0.717) is 6.54 Å². The zero-order chi connectivity index (χ0) is 11.5. The van der Waals surface area contributed by atoms with Gasteiger partial charge in [0.05, 0.1) is 6.54 Å². The number of carbonyl (C=O) groups is 1. The Hall–Kier alpha value is -0.610. The molecule has 15 heavy (non-hydrogen) atoms. The number of nitrogens with one attached hydrogen (secondary N) is 1. The van der Waals surface area contributed by atoms with Gasteiger partial charge in [-0.05, 0) is 26.7 Å². The number of likely N-dealkylation sites (N-methyl/N-ethyl adjacent to an activating group) is 1. The second-order valence-corrected chi connectivity index (χ2v) is 4.86. The van der Waals surface area contributed by atoms with Crippen LogP contribution in [-0.2, 0) is 4.79 Å². The molecule has 2 N–H and O–H groups in total. The van der Waals surface area contributed by atoms with E-state index in [0.717, 1.165) is 19.4 Å². The number of amides is 1. The SMILES string of the molecule is CC(C)N(C)C(=O)CNCC1(CO)CC1. The minimum atomic E-state index is 0.0800. The molecule has 0 unspecified atom stereocenters. The third-order valence-electron chi connectivity index (χ3n) is 3.24. The van der Waals surface area contributed by atoms with Crippen LogP contribution in [0.4, 0.5) is 0 Å². The normalized spacial score (nSPS) is 17.9. The molecule has 0 aromatic heterocycles. The maximum Gasteiger partial charge on any atom is 0.236 e. The van der Waals surface area contributed by atoms with Gasteiger partial charge >= 0.3 is 0 Å². The number of hydrogen-bond acceptors (Lipinski definition) is 3. The van der Waals surface area contributed by atoms with Crippen LogP contribution in [0.25, 0.3) is 0 Å². The number of rotatable bonds is 6.